The fourth-order valence-corrected chi connectivity index (χ4v) is 5.29. The summed E-state index contributed by atoms with van der Waals surface area (Å²) >= 11 is 1.63. The largest absolute Gasteiger partial charge is 0.379 e. The predicted molar refractivity (Wildman–Crippen MR) is 107 cm³/mol. The van der Waals surface area contributed by atoms with Gasteiger partial charge in [-0.25, -0.2) is 8.42 Å². The van der Waals surface area contributed by atoms with Crippen molar-refractivity contribution in [3.63, 3.8) is 0 Å². The third-order valence-electron chi connectivity index (χ3n) is 4.54. The molecule has 0 aliphatic carbocycles. The van der Waals surface area contributed by atoms with Crippen molar-refractivity contribution in [2.75, 3.05) is 40.0 Å². The number of nitrogens with one attached hydrogen (secondary N) is 1. The first-order chi connectivity index (χ1) is 13.4. The number of rotatable bonds is 7. The van der Waals surface area contributed by atoms with Crippen LogP contribution in [0.5, 0.6) is 0 Å². The third kappa shape index (κ3) is 4.79. The Balaban J connectivity index is 1.63. The standard InChI is InChI=1S/C19H24N2O5S2/c1-14-3-8-18(27-14)17(25-2)13-20-19(22)15-4-6-16(7-5-15)28(23,24)21-9-11-26-12-10-21/h3-8,17H,9-13H2,1-2H3,(H,20,22). The normalized spacial score (nSPS) is 16.6. The number of ether oxygens (including phenoxy) is 2. The molecule has 152 valence electrons. The number of hydrogen-bond donors (Lipinski definition) is 1. The Kier molecular flexibility index (Phi) is 6.84. The summed E-state index contributed by atoms with van der Waals surface area (Å²) in [4.78, 5) is 14.8. The molecule has 1 aromatic heterocycles. The van der Waals surface area contributed by atoms with Crippen LogP contribution in [-0.4, -0.2) is 58.6 Å². The first-order valence-electron chi connectivity index (χ1n) is 8.97. The maximum atomic E-state index is 12.6. The molecule has 2 heterocycles. The molecule has 0 spiro atoms. The lowest BCUT2D eigenvalue weighted by atomic mass is 10.2. The Morgan fingerprint density at radius 2 is 1.89 bits per heavy atom. The number of benzene rings is 1. The molecule has 0 bridgehead atoms. The molecule has 1 aliphatic heterocycles. The molecule has 1 saturated heterocycles. The van der Waals surface area contributed by atoms with Crippen molar-refractivity contribution in [1.29, 1.82) is 0 Å². The van der Waals surface area contributed by atoms with Crippen LogP contribution in [0.25, 0.3) is 0 Å². The van der Waals surface area contributed by atoms with Crippen molar-refractivity contribution in [1.82, 2.24) is 9.62 Å². The van der Waals surface area contributed by atoms with Crippen LogP contribution in [-0.2, 0) is 19.5 Å². The predicted octanol–water partition coefficient (Wildman–Crippen LogP) is 2.19. The molecule has 0 saturated carbocycles. The smallest absolute Gasteiger partial charge is 0.251 e. The Morgan fingerprint density at radius 1 is 1.21 bits per heavy atom. The average molecular weight is 425 g/mol. The van der Waals surface area contributed by atoms with Crippen LogP contribution >= 0.6 is 11.3 Å². The van der Waals surface area contributed by atoms with Gasteiger partial charge >= 0.3 is 0 Å². The van der Waals surface area contributed by atoms with Crippen molar-refractivity contribution >= 4 is 27.3 Å². The zero-order valence-electron chi connectivity index (χ0n) is 15.9. The number of amides is 1. The van der Waals surface area contributed by atoms with E-state index in [1.807, 2.05) is 19.1 Å². The third-order valence-corrected chi connectivity index (χ3v) is 7.54. The molecule has 1 atom stereocenters. The van der Waals surface area contributed by atoms with E-state index in [1.165, 1.54) is 33.4 Å². The Labute approximate surface area is 169 Å². The van der Waals surface area contributed by atoms with E-state index in [2.05, 4.69) is 5.32 Å². The molecule has 1 amide bonds. The molecular weight excluding hydrogens is 400 g/mol. The van der Waals surface area contributed by atoms with Gasteiger partial charge in [0.2, 0.25) is 10.0 Å². The highest BCUT2D eigenvalue weighted by Crippen LogP contribution is 2.24. The second-order valence-corrected chi connectivity index (χ2v) is 9.68. The lowest BCUT2D eigenvalue weighted by molar-refractivity contribution is 0.0730. The molecule has 3 rings (SSSR count). The maximum Gasteiger partial charge on any atom is 0.251 e. The van der Waals surface area contributed by atoms with E-state index in [9.17, 15) is 13.2 Å². The monoisotopic (exact) mass is 424 g/mol. The van der Waals surface area contributed by atoms with E-state index in [0.29, 0.717) is 38.4 Å². The van der Waals surface area contributed by atoms with Crippen molar-refractivity contribution in [2.45, 2.75) is 17.9 Å². The second-order valence-electron chi connectivity index (χ2n) is 6.42. The number of morpholine rings is 1. The summed E-state index contributed by atoms with van der Waals surface area (Å²) in [5.41, 5.74) is 0.401. The van der Waals surface area contributed by atoms with Crippen LogP contribution in [0.4, 0.5) is 0 Å². The summed E-state index contributed by atoms with van der Waals surface area (Å²) in [6.07, 6.45) is -0.219. The van der Waals surface area contributed by atoms with Gasteiger partial charge in [-0.3, -0.25) is 4.79 Å². The molecule has 1 N–H and O–H groups in total. The number of methoxy groups -OCH3 is 1. The molecule has 2 aromatic rings. The molecule has 1 aromatic carbocycles. The van der Waals surface area contributed by atoms with Gasteiger partial charge in [0, 0.05) is 42.1 Å². The van der Waals surface area contributed by atoms with Crippen molar-refractivity contribution < 1.29 is 22.7 Å². The quantitative estimate of drug-likeness (QED) is 0.737. The highest BCUT2D eigenvalue weighted by atomic mass is 32.2. The van der Waals surface area contributed by atoms with Gasteiger partial charge in [-0.15, -0.1) is 11.3 Å². The maximum absolute atomic E-state index is 12.6. The molecular formula is C19H24N2O5S2. The number of nitrogens with zero attached hydrogens (tertiary/aromatic N) is 1. The molecule has 28 heavy (non-hydrogen) atoms. The highest BCUT2D eigenvalue weighted by Gasteiger charge is 2.26. The number of aryl methyl sites for hydroxylation is 1. The number of carbonyl (C=O) groups excluding carboxylic acids is 1. The van der Waals surface area contributed by atoms with Crippen molar-refractivity contribution in [3.8, 4) is 0 Å². The van der Waals surface area contributed by atoms with Crippen LogP contribution in [0, 0.1) is 6.92 Å². The van der Waals surface area contributed by atoms with E-state index in [0.717, 1.165) is 4.88 Å². The lowest BCUT2D eigenvalue weighted by Gasteiger charge is -2.26. The van der Waals surface area contributed by atoms with Gasteiger partial charge in [0.05, 0.1) is 18.1 Å². The van der Waals surface area contributed by atoms with Crippen molar-refractivity contribution in [3.05, 3.63) is 51.7 Å². The molecule has 1 aliphatic rings. The summed E-state index contributed by atoms with van der Waals surface area (Å²) in [6, 6.07) is 10.00. The summed E-state index contributed by atoms with van der Waals surface area (Å²) in [6.45, 7) is 3.82. The molecule has 1 unspecified atom stereocenters. The fraction of sp³-hybridized carbons (Fsp3) is 0.421. The van der Waals surface area contributed by atoms with Crippen LogP contribution in [0.3, 0.4) is 0 Å². The lowest BCUT2D eigenvalue weighted by Crippen LogP contribution is -2.40. The molecule has 7 nitrogen and oxygen atoms in total. The van der Waals surface area contributed by atoms with Crippen LogP contribution in [0.15, 0.2) is 41.3 Å². The minimum absolute atomic E-state index is 0.176. The average Bonchev–Trinajstić information content (AvgIpc) is 3.15. The Morgan fingerprint density at radius 3 is 2.46 bits per heavy atom. The van der Waals surface area contributed by atoms with Gasteiger partial charge in [-0.2, -0.15) is 4.31 Å². The van der Waals surface area contributed by atoms with Gasteiger partial charge < -0.3 is 14.8 Å². The molecule has 0 radical (unpaired) electrons. The van der Waals surface area contributed by atoms with Crippen LogP contribution < -0.4 is 5.32 Å². The minimum Gasteiger partial charge on any atom is -0.379 e. The number of sulfonamides is 1. The highest BCUT2D eigenvalue weighted by molar-refractivity contribution is 7.89. The zero-order chi connectivity index (χ0) is 20.1. The van der Waals surface area contributed by atoms with Gasteiger partial charge in [0.15, 0.2) is 0 Å². The molecule has 1 fully saturated rings. The van der Waals surface area contributed by atoms with Gasteiger partial charge in [0.25, 0.3) is 5.91 Å². The summed E-state index contributed by atoms with van der Waals surface area (Å²) in [5.74, 6) is -0.273. The first-order valence-corrected chi connectivity index (χ1v) is 11.2. The fourth-order valence-electron chi connectivity index (χ4n) is 2.93. The Bertz CT molecular complexity index is 903. The second kappa shape index (κ2) is 9.15. The Hall–Kier alpha value is -1.78. The number of hydrogen-bond acceptors (Lipinski definition) is 6. The van der Waals surface area contributed by atoms with Crippen molar-refractivity contribution in [2.24, 2.45) is 0 Å². The zero-order valence-corrected chi connectivity index (χ0v) is 17.5. The SMILES string of the molecule is COC(CNC(=O)c1ccc(S(=O)(=O)N2CCOCC2)cc1)c1ccc(C)s1. The minimum atomic E-state index is -3.56. The van der Waals surface area contributed by atoms with E-state index >= 15 is 0 Å². The van der Waals surface area contributed by atoms with Crippen LogP contribution in [0.1, 0.15) is 26.2 Å². The van der Waals surface area contributed by atoms with E-state index in [-0.39, 0.29) is 16.9 Å². The van der Waals surface area contributed by atoms with E-state index in [4.69, 9.17) is 9.47 Å². The first kappa shape index (κ1) is 20.9. The van der Waals surface area contributed by atoms with E-state index in [1.54, 1.807) is 18.4 Å². The van der Waals surface area contributed by atoms with Gasteiger partial charge in [0.1, 0.15) is 6.10 Å². The number of thiophene rings is 1. The van der Waals surface area contributed by atoms with Gasteiger partial charge in [-0.1, -0.05) is 0 Å². The topological polar surface area (TPSA) is 84.9 Å². The van der Waals surface area contributed by atoms with Gasteiger partial charge in [-0.05, 0) is 43.3 Å². The summed E-state index contributed by atoms with van der Waals surface area (Å²) < 4.78 is 37.3. The van der Waals surface area contributed by atoms with Crippen LogP contribution in [0.2, 0.25) is 0 Å². The number of carbonyl (C=O) groups is 1. The molecule has 9 heteroatoms. The summed E-state index contributed by atoms with van der Waals surface area (Å²) in [7, 11) is -1.96. The summed E-state index contributed by atoms with van der Waals surface area (Å²) in [5, 5.41) is 2.85. The van der Waals surface area contributed by atoms with E-state index < -0.39 is 10.0 Å².